The first-order valence-electron chi connectivity index (χ1n) is 6.06. The summed E-state index contributed by atoms with van der Waals surface area (Å²) in [6.45, 7) is 0.840. The van der Waals surface area contributed by atoms with Gasteiger partial charge in [0.1, 0.15) is 0 Å². The molecular weight excluding hydrogens is 250 g/mol. The van der Waals surface area contributed by atoms with Crippen molar-refractivity contribution >= 4 is 17.3 Å². The van der Waals surface area contributed by atoms with Gasteiger partial charge in [0.25, 0.3) is 0 Å². The van der Waals surface area contributed by atoms with Gasteiger partial charge in [0.05, 0.1) is 10.6 Å². The van der Waals surface area contributed by atoms with Crippen LogP contribution in [0, 0.1) is 5.92 Å². The molecule has 6 heteroatoms. The smallest absolute Gasteiger partial charge is 0.185 e. The lowest BCUT2D eigenvalue weighted by molar-refractivity contribution is 0.265. The van der Waals surface area contributed by atoms with Crippen LogP contribution < -0.4 is 5.73 Å². The summed E-state index contributed by atoms with van der Waals surface area (Å²) in [5.41, 5.74) is 7.29. The minimum Gasteiger partial charge on any atom is -0.398 e. The van der Waals surface area contributed by atoms with E-state index in [-0.39, 0.29) is 0 Å². The van der Waals surface area contributed by atoms with Gasteiger partial charge < -0.3 is 5.73 Å². The summed E-state index contributed by atoms with van der Waals surface area (Å²) in [4.78, 5) is 0. The lowest BCUT2D eigenvalue weighted by Crippen LogP contribution is -2.19. The molecule has 0 saturated heterocycles. The summed E-state index contributed by atoms with van der Waals surface area (Å²) in [6, 6.07) is 5.43. The molecule has 94 valence electrons. The maximum absolute atomic E-state index is 6.19. The summed E-state index contributed by atoms with van der Waals surface area (Å²) >= 11 is 6.19. The second-order valence-electron chi connectivity index (χ2n) is 4.69. The SMILES string of the molecule is Nc1cccc(Cl)c1-c1nnnn1CC1CCC1. The normalized spacial score (nSPS) is 15.6. The van der Waals surface area contributed by atoms with Crippen molar-refractivity contribution in [1.29, 1.82) is 0 Å². The molecule has 1 fully saturated rings. The van der Waals surface area contributed by atoms with Crippen LogP contribution in [0.4, 0.5) is 5.69 Å². The van der Waals surface area contributed by atoms with Gasteiger partial charge in [-0.2, -0.15) is 0 Å². The molecule has 3 rings (SSSR count). The Labute approximate surface area is 110 Å². The predicted molar refractivity (Wildman–Crippen MR) is 70.0 cm³/mol. The summed E-state index contributed by atoms with van der Waals surface area (Å²) in [6.07, 6.45) is 3.80. The number of tetrazole rings is 1. The van der Waals surface area contributed by atoms with E-state index in [2.05, 4.69) is 15.5 Å². The largest absolute Gasteiger partial charge is 0.398 e. The van der Waals surface area contributed by atoms with Gasteiger partial charge in [-0.05, 0) is 41.3 Å². The van der Waals surface area contributed by atoms with Gasteiger partial charge in [-0.3, -0.25) is 0 Å². The number of benzene rings is 1. The first-order valence-corrected chi connectivity index (χ1v) is 6.44. The monoisotopic (exact) mass is 263 g/mol. The highest BCUT2D eigenvalue weighted by Crippen LogP contribution is 2.33. The van der Waals surface area contributed by atoms with Crippen LogP contribution in [0.1, 0.15) is 19.3 Å². The molecule has 0 spiro atoms. The third kappa shape index (κ3) is 1.95. The lowest BCUT2D eigenvalue weighted by Gasteiger charge is -2.25. The number of nitrogens with zero attached hydrogens (tertiary/aromatic N) is 4. The van der Waals surface area contributed by atoms with Crippen LogP contribution in [-0.4, -0.2) is 20.2 Å². The fourth-order valence-corrected chi connectivity index (χ4v) is 2.47. The number of halogens is 1. The highest BCUT2D eigenvalue weighted by Gasteiger charge is 2.22. The van der Waals surface area contributed by atoms with Crippen LogP contribution in [-0.2, 0) is 6.54 Å². The second-order valence-corrected chi connectivity index (χ2v) is 5.09. The Morgan fingerprint density at radius 2 is 2.22 bits per heavy atom. The lowest BCUT2D eigenvalue weighted by atomic mass is 9.85. The van der Waals surface area contributed by atoms with Crippen molar-refractivity contribution in [2.24, 2.45) is 5.92 Å². The Bertz CT molecular complexity index is 541. The Hall–Kier alpha value is -1.62. The molecule has 0 unspecified atom stereocenters. The molecule has 1 heterocycles. The first kappa shape index (κ1) is 11.5. The van der Waals surface area contributed by atoms with E-state index in [9.17, 15) is 0 Å². The Morgan fingerprint density at radius 1 is 1.39 bits per heavy atom. The van der Waals surface area contributed by atoms with Gasteiger partial charge in [-0.25, -0.2) is 4.68 Å². The zero-order chi connectivity index (χ0) is 12.5. The number of nitrogen functional groups attached to an aromatic ring is 1. The Kier molecular flexibility index (Phi) is 2.91. The zero-order valence-corrected chi connectivity index (χ0v) is 10.6. The molecule has 0 aliphatic heterocycles. The molecule has 0 radical (unpaired) electrons. The molecule has 1 aliphatic carbocycles. The van der Waals surface area contributed by atoms with E-state index in [1.165, 1.54) is 19.3 Å². The van der Waals surface area contributed by atoms with Crippen molar-refractivity contribution in [3.63, 3.8) is 0 Å². The van der Waals surface area contributed by atoms with Crippen LogP contribution in [0.5, 0.6) is 0 Å². The number of hydrogen-bond donors (Lipinski definition) is 1. The molecule has 1 saturated carbocycles. The average Bonchev–Trinajstić information content (AvgIpc) is 2.71. The van der Waals surface area contributed by atoms with Gasteiger partial charge in [0.15, 0.2) is 5.82 Å². The van der Waals surface area contributed by atoms with Crippen LogP contribution in [0.15, 0.2) is 18.2 Å². The van der Waals surface area contributed by atoms with E-state index in [1.54, 1.807) is 10.7 Å². The number of anilines is 1. The minimum atomic E-state index is 0.583. The summed E-state index contributed by atoms with van der Waals surface area (Å²) < 4.78 is 1.81. The van der Waals surface area contributed by atoms with Gasteiger partial charge in [0, 0.05) is 12.2 Å². The van der Waals surface area contributed by atoms with E-state index in [0.29, 0.717) is 22.5 Å². The quantitative estimate of drug-likeness (QED) is 0.863. The van der Waals surface area contributed by atoms with Crippen molar-refractivity contribution in [3.8, 4) is 11.4 Å². The van der Waals surface area contributed by atoms with Gasteiger partial charge >= 0.3 is 0 Å². The average molecular weight is 264 g/mol. The van der Waals surface area contributed by atoms with Crippen molar-refractivity contribution in [2.75, 3.05) is 5.73 Å². The van der Waals surface area contributed by atoms with E-state index in [1.807, 2.05) is 12.1 Å². The van der Waals surface area contributed by atoms with Crippen LogP contribution in [0.25, 0.3) is 11.4 Å². The fourth-order valence-electron chi connectivity index (χ4n) is 2.20. The number of rotatable bonds is 3. The first-order chi connectivity index (χ1) is 8.75. The molecule has 0 amide bonds. The standard InChI is InChI=1S/C12H14ClN5/c13-9-5-2-6-10(14)11(9)12-15-16-17-18(12)7-8-3-1-4-8/h2,5-6,8H,1,3-4,7,14H2. The van der Waals surface area contributed by atoms with Crippen molar-refractivity contribution < 1.29 is 0 Å². The molecule has 0 bridgehead atoms. The molecule has 1 aliphatic rings. The van der Waals surface area contributed by atoms with Crippen molar-refractivity contribution in [2.45, 2.75) is 25.8 Å². The van der Waals surface area contributed by atoms with E-state index >= 15 is 0 Å². The molecule has 2 N–H and O–H groups in total. The van der Waals surface area contributed by atoms with Gasteiger partial charge in [-0.15, -0.1) is 5.10 Å². The predicted octanol–water partition coefficient (Wildman–Crippen LogP) is 2.38. The molecule has 2 aromatic rings. The maximum Gasteiger partial charge on any atom is 0.185 e. The molecule has 1 aromatic carbocycles. The second kappa shape index (κ2) is 4.57. The highest BCUT2D eigenvalue weighted by atomic mass is 35.5. The third-order valence-corrected chi connectivity index (χ3v) is 3.77. The zero-order valence-electron chi connectivity index (χ0n) is 9.88. The van der Waals surface area contributed by atoms with Crippen LogP contribution in [0.2, 0.25) is 5.02 Å². The van der Waals surface area contributed by atoms with E-state index in [4.69, 9.17) is 17.3 Å². The highest BCUT2D eigenvalue weighted by molar-refractivity contribution is 6.33. The third-order valence-electron chi connectivity index (χ3n) is 3.46. The Balaban J connectivity index is 1.98. The summed E-state index contributed by atoms with van der Waals surface area (Å²) in [5, 5.41) is 12.4. The number of nitrogens with two attached hydrogens (primary N) is 1. The van der Waals surface area contributed by atoms with Crippen molar-refractivity contribution in [1.82, 2.24) is 20.2 Å². The molecule has 1 aromatic heterocycles. The van der Waals surface area contributed by atoms with Crippen molar-refractivity contribution in [3.05, 3.63) is 23.2 Å². The molecule has 5 nitrogen and oxygen atoms in total. The maximum atomic E-state index is 6.19. The van der Waals surface area contributed by atoms with Crippen LogP contribution >= 0.6 is 11.6 Å². The van der Waals surface area contributed by atoms with E-state index < -0.39 is 0 Å². The number of hydrogen-bond acceptors (Lipinski definition) is 4. The topological polar surface area (TPSA) is 69.6 Å². The molecular formula is C12H14ClN5. The van der Waals surface area contributed by atoms with E-state index in [0.717, 1.165) is 12.1 Å². The fraction of sp³-hybridized carbons (Fsp3) is 0.417. The molecule has 0 atom stereocenters. The minimum absolute atomic E-state index is 0.583. The summed E-state index contributed by atoms with van der Waals surface area (Å²) in [5.74, 6) is 1.33. The molecule has 18 heavy (non-hydrogen) atoms. The Morgan fingerprint density at radius 3 is 2.89 bits per heavy atom. The van der Waals surface area contributed by atoms with Gasteiger partial charge in [-0.1, -0.05) is 24.1 Å². The number of aromatic nitrogens is 4. The van der Waals surface area contributed by atoms with Crippen LogP contribution in [0.3, 0.4) is 0 Å². The van der Waals surface area contributed by atoms with Gasteiger partial charge in [0.2, 0.25) is 0 Å². The summed E-state index contributed by atoms with van der Waals surface area (Å²) in [7, 11) is 0.